The van der Waals surface area contributed by atoms with Crippen LogP contribution in [0.4, 0.5) is 0 Å². The van der Waals surface area contributed by atoms with Crippen molar-refractivity contribution in [2.24, 2.45) is 5.92 Å². The molecular weight excluding hydrogens is 290 g/mol. The van der Waals surface area contributed by atoms with Gasteiger partial charge in [-0.3, -0.25) is 9.78 Å². The molecule has 2 aliphatic rings. The first-order chi connectivity index (χ1) is 11.2. The van der Waals surface area contributed by atoms with Gasteiger partial charge in [0.05, 0.1) is 19.3 Å². The van der Waals surface area contributed by atoms with E-state index in [1.807, 2.05) is 35.2 Å². The van der Waals surface area contributed by atoms with Crippen LogP contribution < -0.4 is 0 Å². The lowest BCUT2D eigenvalue weighted by atomic mass is 10.1. The lowest BCUT2D eigenvalue weighted by Gasteiger charge is -2.29. The highest BCUT2D eigenvalue weighted by atomic mass is 16.5. The molecule has 2 atom stereocenters. The summed E-state index contributed by atoms with van der Waals surface area (Å²) >= 11 is 0. The first kappa shape index (κ1) is 14.6. The Morgan fingerprint density at radius 2 is 2.00 bits per heavy atom. The van der Waals surface area contributed by atoms with Gasteiger partial charge in [-0.1, -0.05) is 24.3 Å². The molecule has 4 rings (SSSR count). The molecule has 5 heteroatoms. The molecule has 120 valence electrons. The summed E-state index contributed by atoms with van der Waals surface area (Å²) in [5.74, 6) is 0.392. The first-order valence-electron chi connectivity index (χ1n) is 8.13. The second-order valence-corrected chi connectivity index (χ2v) is 6.65. The third-order valence-electron chi connectivity index (χ3n) is 4.76. The summed E-state index contributed by atoms with van der Waals surface area (Å²) in [6.07, 6.45) is 1.79. The average Bonchev–Trinajstić information content (AvgIpc) is 2.84. The maximum atomic E-state index is 13.0. The Bertz CT molecular complexity index is 733. The van der Waals surface area contributed by atoms with Crippen LogP contribution in [0.5, 0.6) is 0 Å². The van der Waals surface area contributed by atoms with Crippen LogP contribution in [-0.4, -0.2) is 66.6 Å². The van der Waals surface area contributed by atoms with Gasteiger partial charge in [0.2, 0.25) is 0 Å². The fourth-order valence-electron chi connectivity index (χ4n) is 3.67. The van der Waals surface area contributed by atoms with E-state index >= 15 is 0 Å². The van der Waals surface area contributed by atoms with Crippen molar-refractivity contribution in [2.45, 2.75) is 6.04 Å². The second kappa shape index (κ2) is 5.91. The largest absolute Gasteiger partial charge is 0.379 e. The van der Waals surface area contributed by atoms with Crippen LogP contribution in [0.1, 0.15) is 10.5 Å². The minimum Gasteiger partial charge on any atom is -0.379 e. The van der Waals surface area contributed by atoms with Crippen molar-refractivity contribution in [1.82, 2.24) is 14.8 Å². The maximum Gasteiger partial charge on any atom is 0.272 e. The molecule has 0 aliphatic carbocycles. The minimum atomic E-state index is 0.0200. The number of rotatable bonds is 1. The Kier molecular flexibility index (Phi) is 3.75. The van der Waals surface area contributed by atoms with E-state index in [1.165, 1.54) is 0 Å². The number of amides is 1. The molecule has 5 nitrogen and oxygen atoms in total. The lowest BCUT2D eigenvalue weighted by molar-refractivity contribution is 0.0480. The smallest absolute Gasteiger partial charge is 0.272 e. The van der Waals surface area contributed by atoms with Crippen LogP contribution in [0.2, 0.25) is 0 Å². The van der Waals surface area contributed by atoms with Crippen molar-refractivity contribution in [3.8, 4) is 0 Å². The van der Waals surface area contributed by atoms with Gasteiger partial charge in [-0.05, 0) is 18.5 Å². The number of carbonyl (C=O) groups excluding carboxylic acids is 1. The van der Waals surface area contributed by atoms with Crippen molar-refractivity contribution in [1.29, 1.82) is 0 Å². The number of ether oxygens (including phenoxy) is 1. The summed E-state index contributed by atoms with van der Waals surface area (Å²) in [6.45, 7) is 3.93. The number of likely N-dealkylation sites (N-methyl/N-ethyl adjacent to an activating group) is 1. The van der Waals surface area contributed by atoms with E-state index in [4.69, 9.17) is 4.74 Å². The molecule has 2 bridgehead atoms. The van der Waals surface area contributed by atoms with Gasteiger partial charge in [0.15, 0.2) is 0 Å². The highest BCUT2D eigenvalue weighted by Gasteiger charge is 2.35. The van der Waals surface area contributed by atoms with Crippen LogP contribution in [-0.2, 0) is 4.74 Å². The second-order valence-electron chi connectivity index (χ2n) is 6.65. The molecular formula is C18H21N3O2. The zero-order chi connectivity index (χ0) is 15.8. The predicted octanol–water partition coefficient (Wildman–Crippen LogP) is 1.64. The van der Waals surface area contributed by atoms with E-state index in [0.717, 1.165) is 37.0 Å². The zero-order valence-corrected chi connectivity index (χ0v) is 13.3. The Morgan fingerprint density at radius 1 is 1.17 bits per heavy atom. The third-order valence-corrected chi connectivity index (χ3v) is 4.76. The number of fused-ring (bicyclic) bond motifs is 4. The normalized spacial score (nSPS) is 25.3. The van der Waals surface area contributed by atoms with Crippen molar-refractivity contribution < 1.29 is 9.53 Å². The Labute approximate surface area is 135 Å². The molecule has 1 amide bonds. The number of hydrogen-bond acceptors (Lipinski definition) is 4. The zero-order valence-electron chi connectivity index (χ0n) is 13.3. The van der Waals surface area contributed by atoms with E-state index in [2.05, 4.69) is 16.9 Å². The highest BCUT2D eigenvalue weighted by Crippen LogP contribution is 2.22. The van der Waals surface area contributed by atoms with Crippen LogP contribution in [0.25, 0.3) is 10.8 Å². The molecule has 23 heavy (non-hydrogen) atoms. The van der Waals surface area contributed by atoms with Gasteiger partial charge in [-0.15, -0.1) is 0 Å². The van der Waals surface area contributed by atoms with Gasteiger partial charge in [-0.2, -0.15) is 0 Å². The number of aromatic nitrogens is 1. The first-order valence-corrected chi connectivity index (χ1v) is 8.13. The van der Waals surface area contributed by atoms with Crippen molar-refractivity contribution in [3.63, 3.8) is 0 Å². The molecule has 2 unspecified atom stereocenters. The molecule has 2 fully saturated rings. The fraction of sp³-hybridized carbons (Fsp3) is 0.444. The summed E-state index contributed by atoms with van der Waals surface area (Å²) in [6, 6.07) is 10.0. The van der Waals surface area contributed by atoms with Crippen LogP contribution in [0, 0.1) is 5.92 Å². The van der Waals surface area contributed by atoms with Gasteiger partial charge in [0.1, 0.15) is 5.69 Å². The molecule has 0 radical (unpaired) electrons. The summed E-state index contributed by atoms with van der Waals surface area (Å²) in [5, 5.41) is 2.11. The number of carbonyl (C=O) groups is 1. The summed E-state index contributed by atoms with van der Waals surface area (Å²) in [5.41, 5.74) is 0.527. The third kappa shape index (κ3) is 2.82. The lowest BCUT2D eigenvalue weighted by Crippen LogP contribution is -2.46. The van der Waals surface area contributed by atoms with E-state index in [1.54, 1.807) is 6.20 Å². The van der Waals surface area contributed by atoms with E-state index < -0.39 is 0 Å². The average molecular weight is 311 g/mol. The molecule has 3 heterocycles. The predicted molar refractivity (Wildman–Crippen MR) is 88.4 cm³/mol. The number of pyridine rings is 1. The Morgan fingerprint density at radius 3 is 2.87 bits per heavy atom. The molecule has 1 aromatic heterocycles. The number of nitrogens with zero attached hydrogens (tertiary/aromatic N) is 3. The fourth-order valence-corrected chi connectivity index (χ4v) is 3.67. The topological polar surface area (TPSA) is 45.7 Å². The molecule has 2 aliphatic heterocycles. The van der Waals surface area contributed by atoms with E-state index in [0.29, 0.717) is 18.2 Å². The molecule has 0 saturated carbocycles. The molecule has 1 aromatic carbocycles. The van der Waals surface area contributed by atoms with Gasteiger partial charge < -0.3 is 14.5 Å². The quantitative estimate of drug-likeness (QED) is 0.803. The summed E-state index contributed by atoms with van der Waals surface area (Å²) in [7, 11) is 2.12. The van der Waals surface area contributed by atoms with Crippen LogP contribution >= 0.6 is 0 Å². The minimum absolute atomic E-state index is 0.0200. The van der Waals surface area contributed by atoms with Crippen molar-refractivity contribution in [2.75, 3.05) is 39.9 Å². The Hall–Kier alpha value is -1.98. The molecule has 2 saturated heterocycles. The Balaban J connectivity index is 1.66. The van der Waals surface area contributed by atoms with Gasteiger partial charge in [0, 0.05) is 37.1 Å². The molecule has 0 spiro atoms. The summed E-state index contributed by atoms with van der Waals surface area (Å²) in [4.78, 5) is 21.7. The SMILES string of the molecule is CN1CC2COCC(C1)N(C(=O)c1cc3ccccc3cn1)C2. The molecule has 0 N–H and O–H groups in total. The van der Waals surface area contributed by atoms with Crippen LogP contribution in [0.3, 0.4) is 0 Å². The van der Waals surface area contributed by atoms with Crippen molar-refractivity contribution >= 4 is 16.7 Å². The van der Waals surface area contributed by atoms with Gasteiger partial charge >= 0.3 is 0 Å². The summed E-state index contributed by atoms with van der Waals surface area (Å²) < 4.78 is 5.76. The van der Waals surface area contributed by atoms with Gasteiger partial charge in [0.25, 0.3) is 5.91 Å². The van der Waals surface area contributed by atoms with Gasteiger partial charge in [-0.25, -0.2) is 0 Å². The standard InChI is InChI=1S/C18H21N3O2/c1-20-8-13-9-21(16(10-20)12-23-11-13)18(22)17-6-14-4-2-3-5-15(14)7-19-17/h2-7,13,16H,8-12H2,1H3. The maximum absolute atomic E-state index is 13.0. The number of benzene rings is 1. The van der Waals surface area contributed by atoms with Crippen molar-refractivity contribution in [3.05, 3.63) is 42.2 Å². The van der Waals surface area contributed by atoms with Crippen LogP contribution in [0.15, 0.2) is 36.5 Å². The molecule has 2 aromatic rings. The number of hydrogen-bond donors (Lipinski definition) is 0. The van der Waals surface area contributed by atoms with E-state index in [-0.39, 0.29) is 11.9 Å². The highest BCUT2D eigenvalue weighted by molar-refractivity contribution is 5.96. The monoisotopic (exact) mass is 311 g/mol. The van der Waals surface area contributed by atoms with E-state index in [9.17, 15) is 4.79 Å².